The van der Waals surface area contributed by atoms with Crippen LogP contribution in [-0.4, -0.2) is 5.71 Å². The number of benzene rings is 2. The highest BCUT2D eigenvalue weighted by Crippen LogP contribution is 2.15. The summed E-state index contributed by atoms with van der Waals surface area (Å²) in [6.07, 6.45) is 0. The minimum atomic E-state index is 0.595. The second-order valence-electron chi connectivity index (χ2n) is 4.06. The molecule has 80 valence electrons. The molecule has 16 heavy (non-hydrogen) atoms. The topological polar surface area (TPSA) is 23.9 Å². The monoisotopic (exact) mass is 209 g/mol. The van der Waals surface area contributed by atoms with Gasteiger partial charge in [-0.15, -0.1) is 0 Å². The van der Waals surface area contributed by atoms with Crippen molar-refractivity contribution >= 4 is 5.71 Å². The summed E-state index contributed by atoms with van der Waals surface area (Å²) in [5.41, 5.74) is 4.97. The number of aryl methyl sites for hydroxylation is 2. The van der Waals surface area contributed by atoms with Gasteiger partial charge in [-0.25, -0.2) is 0 Å². The third kappa shape index (κ3) is 2.03. The summed E-state index contributed by atoms with van der Waals surface area (Å²) in [7, 11) is 0. The molecule has 2 rings (SSSR count). The molecule has 0 amide bonds. The van der Waals surface area contributed by atoms with E-state index in [1.165, 1.54) is 5.56 Å². The van der Waals surface area contributed by atoms with E-state index < -0.39 is 0 Å². The molecule has 0 heterocycles. The Hall–Kier alpha value is -1.89. The maximum absolute atomic E-state index is 8.18. The summed E-state index contributed by atoms with van der Waals surface area (Å²) in [5, 5.41) is 8.18. The van der Waals surface area contributed by atoms with Crippen LogP contribution in [0.5, 0.6) is 0 Å². The van der Waals surface area contributed by atoms with E-state index in [0.29, 0.717) is 5.71 Å². The number of hydrogen-bond donors (Lipinski definition) is 1. The normalized spacial score (nSPS) is 10.1. The molecule has 0 aromatic heterocycles. The lowest BCUT2D eigenvalue weighted by Crippen LogP contribution is -2.03. The molecular formula is C15H15N. The van der Waals surface area contributed by atoms with Gasteiger partial charge in [0.1, 0.15) is 0 Å². The van der Waals surface area contributed by atoms with Gasteiger partial charge in [-0.3, -0.25) is 5.41 Å². The van der Waals surface area contributed by atoms with E-state index >= 15 is 0 Å². The van der Waals surface area contributed by atoms with E-state index in [0.717, 1.165) is 16.7 Å². The summed E-state index contributed by atoms with van der Waals surface area (Å²) < 4.78 is 0. The first-order chi connectivity index (χ1) is 7.68. The lowest BCUT2D eigenvalue weighted by atomic mass is 9.97. The largest absolute Gasteiger partial charge is 0.300 e. The fraction of sp³-hybridized carbons (Fsp3) is 0.133. The standard InChI is InChI=1S/C15H15N/c1-11-8-9-14(12(2)10-11)15(16)13-6-4-3-5-7-13/h3-10,16H,1-2H3. The Morgan fingerprint density at radius 3 is 2.25 bits per heavy atom. The van der Waals surface area contributed by atoms with Crippen molar-refractivity contribution in [1.29, 1.82) is 5.41 Å². The van der Waals surface area contributed by atoms with Crippen molar-refractivity contribution in [2.45, 2.75) is 13.8 Å². The molecule has 0 aliphatic rings. The van der Waals surface area contributed by atoms with Crippen LogP contribution in [0.1, 0.15) is 22.3 Å². The zero-order valence-corrected chi connectivity index (χ0v) is 9.62. The first kappa shape index (κ1) is 10.6. The second kappa shape index (κ2) is 4.31. The molecule has 0 saturated heterocycles. The Balaban J connectivity index is 2.42. The SMILES string of the molecule is Cc1ccc(C(=N)c2ccccc2)c(C)c1. The van der Waals surface area contributed by atoms with E-state index in [9.17, 15) is 0 Å². The van der Waals surface area contributed by atoms with E-state index in [2.05, 4.69) is 26.0 Å². The Morgan fingerprint density at radius 1 is 0.938 bits per heavy atom. The molecule has 0 unspecified atom stereocenters. The molecule has 1 heteroatoms. The number of rotatable bonds is 2. The molecule has 0 saturated carbocycles. The van der Waals surface area contributed by atoms with Gasteiger partial charge < -0.3 is 0 Å². The summed E-state index contributed by atoms with van der Waals surface area (Å²) in [4.78, 5) is 0. The molecule has 0 aliphatic heterocycles. The molecule has 2 aromatic rings. The minimum Gasteiger partial charge on any atom is -0.300 e. The van der Waals surface area contributed by atoms with Crippen LogP contribution in [0.25, 0.3) is 0 Å². The van der Waals surface area contributed by atoms with Crippen molar-refractivity contribution in [3.63, 3.8) is 0 Å². The van der Waals surface area contributed by atoms with Gasteiger partial charge in [0.25, 0.3) is 0 Å². The van der Waals surface area contributed by atoms with Crippen LogP contribution >= 0.6 is 0 Å². The highest BCUT2D eigenvalue weighted by atomic mass is 14.4. The van der Waals surface area contributed by atoms with Crippen molar-refractivity contribution in [3.8, 4) is 0 Å². The van der Waals surface area contributed by atoms with Gasteiger partial charge in [0.05, 0.1) is 5.71 Å². The maximum atomic E-state index is 8.18. The quantitative estimate of drug-likeness (QED) is 0.729. The van der Waals surface area contributed by atoms with Crippen molar-refractivity contribution in [3.05, 3.63) is 70.8 Å². The fourth-order valence-electron chi connectivity index (χ4n) is 1.85. The van der Waals surface area contributed by atoms with Crippen molar-refractivity contribution in [2.75, 3.05) is 0 Å². The summed E-state index contributed by atoms with van der Waals surface area (Å²) >= 11 is 0. The lowest BCUT2D eigenvalue weighted by Gasteiger charge is -2.08. The molecule has 0 aliphatic carbocycles. The van der Waals surface area contributed by atoms with Crippen LogP contribution < -0.4 is 0 Å². The average Bonchev–Trinajstić information content (AvgIpc) is 2.29. The van der Waals surface area contributed by atoms with E-state index in [-0.39, 0.29) is 0 Å². The smallest absolute Gasteiger partial charge is 0.0687 e. The molecule has 0 radical (unpaired) electrons. The van der Waals surface area contributed by atoms with Crippen molar-refractivity contribution < 1.29 is 0 Å². The van der Waals surface area contributed by atoms with Gasteiger partial charge in [-0.2, -0.15) is 0 Å². The zero-order chi connectivity index (χ0) is 11.5. The predicted molar refractivity (Wildman–Crippen MR) is 68.3 cm³/mol. The summed E-state index contributed by atoms with van der Waals surface area (Å²) in [5.74, 6) is 0. The number of nitrogens with one attached hydrogen (secondary N) is 1. The van der Waals surface area contributed by atoms with E-state index in [4.69, 9.17) is 5.41 Å². The van der Waals surface area contributed by atoms with Crippen LogP contribution in [0, 0.1) is 19.3 Å². The van der Waals surface area contributed by atoms with Gasteiger partial charge in [0, 0.05) is 11.1 Å². The number of hydrogen-bond acceptors (Lipinski definition) is 1. The predicted octanol–water partition coefficient (Wildman–Crippen LogP) is 3.72. The molecule has 0 atom stereocenters. The third-order valence-corrected chi connectivity index (χ3v) is 2.71. The van der Waals surface area contributed by atoms with Crippen LogP contribution in [0.4, 0.5) is 0 Å². The van der Waals surface area contributed by atoms with Gasteiger partial charge in [0.15, 0.2) is 0 Å². The highest BCUT2D eigenvalue weighted by Gasteiger charge is 2.06. The van der Waals surface area contributed by atoms with Crippen LogP contribution in [0.2, 0.25) is 0 Å². The Kier molecular flexibility index (Phi) is 2.86. The zero-order valence-electron chi connectivity index (χ0n) is 9.62. The van der Waals surface area contributed by atoms with Crippen LogP contribution in [0.3, 0.4) is 0 Å². The Morgan fingerprint density at radius 2 is 1.62 bits per heavy atom. The first-order valence-corrected chi connectivity index (χ1v) is 5.40. The summed E-state index contributed by atoms with van der Waals surface area (Å²) in [6.45, 7) is 4.13. The average molecular weight is 209 g/mol. The second-order valence-corrected chi connectivity index (χ2v) is 4.06. The molecule has 0 bridgehead atoms. The van der Waals surface area contributed by atoms with Crippen molar-refractivity contribution in [2.24, 2.45) is 0 Å². The molecule has 1 nitrogen and oxygen atoms in total. The molecule has 2 aromatic carbocycles. The highest BCUT2D eigenvalue weighted by molar-refractivity contribution is 6.11. The summed E-state index contributed by atoms with van der Waals surface area (Å²) in [6, 6.07) is 16.1. The Bertz CT molecular complexity index is 512. The van der Waals surface area contributed by atoms with Gasteiger partial charge >= 0.3 is 0 Å². The lowest BCUT2D eigenvalue weighted by molar-refractivity contribution is 1.34. The molecule has 0 spiro atoms. The fourth-order valence-corrected chi connectivity index (χ4v) is 1.85. The third-order valence-electron chi connectivity index (χ3n) is 2.71. The van der Waals surface area contributed by atoms with Crippen LogP contribution in [-0.2, 0) is 0 Å². The van der Waals surface area contributed by atoms with Gasteiger partial charge in [-0.05, 0) is 19.4 Å². The molecule has 0 fully saturated rings. The van der Waals surface area contributed by atoms with Crippen LogP contribution in [0.15, 0.2) is 48.5 Å². The van der Waals surface area contributed by atoms with Gasteiger partial charge in [0.2, 0.25) is 0 Å². The molecular weight excluding hydrogens is 194 g/mol. The maximum Gasteiger partial charge on any atom is 0.0687 e. The van der Waals surface area contributed by atoms with Crippen molar-refractivity contribution in [1.82, 2.24) is 0 Å². The van der Waals surface area contributed by atoms with Gasteiger partial charge in [-0.1, -0.05) is 54.1 Å². The van der Waals surface area contributed by atoms with E-state index in [1.807, 2.05) is 36.4 Å². The first-order valence-electron chi connectivity index (χ1n) is 5.40. The Labute approximate surface area is 96.3 Å². The molecule has 1 N–H and O–H groups in total. The van der Waals surface area contributed by atoms with E-state index in [1.54, 1.807) is 0 Å². The minimum absolute atomic E-state index is 0.595.